The van der Waals surface area contributed by atoms with Crippen LogP contribution in [0, 0.1) is 11.8 Å². The van der Waals surface area contributed by atoms with Crippen molar-refractivity contribution < 1.29 is 14.2 Å². The van der Waals surface area contributed by atoms with Crippen LogP contribution in [-0.4, -0.2) is 36.6 Å². The van der Waals surface area contributed by atoms with E-state index in [9.17, 15) is 0 Å². The molecule has 2 aliphatic carbocycles. The SMILES string of the molecule is C1CC2(CCC3OC3C2)OCC1C1CCC2OC2C1. The Morgan fingerprint density at radius 2 is 1.58 bits per heavy atom. The molecule has 2 saturated carbocycles. The van der Waals surface area contributed by atoms with E-state index < -0.39 is 0 Å². The summed E-state index contributed by atoms with van der Waals surface area (Å²) in [6, 6.07) is 0. The molecule has 0 amide bonds. The topological polar surface area (TPSA) is 34.3 Å². The van der Waals surface area contributed by atoms with Crippen molar-refractivity contribution in [3.63, 3.8) is 0 Å². The van der Waals surface area contributed by atoms with Crippen molar-refractivity contribution in [1.29, 1.82) is 0 Å². The summed E-state index contributed by atoms with van der Waals surface area (Å²) in [6.45, 7) is 0.999. The van der Waals surface area contributed by atoms with Crippen molar-refractivity contribution in [3.05, 3.63) is 0 Å². The first-order chi connectivity index (χ1) is 9.31. The minimum absolute atomic E-state index is 0.196. The largest absolute Gasteiger partial charge is 0.375 e. The normalized spacial score (nSPS) is 59.4. The second kappa shape index (κ2) is 3.96. The van der Waals surface area contributed by atoms with Gasteiger partial charge in [0.25, 0.3) is 0 Å². The molecule has 5 rings (SSSR count). The molecule has 3 nitrogen and oxygen atoms in total. The maximum absolute atomic E-state index is 6.40. The first-order valence-electron chi connectivity index (χ1n) is 8.26. The van der Waals surface area contributed by atoms with E-state index in [0.29, 0.717) is 24.4 Å². The molecule has 7 atom stereocenters. The lowest BCUT2D eigenvalue weighted by Gasteiger charge is -2.44. The van der Waals surface area contributed by atoms with Crippen LogP contribution in [0.25, 0.3) is 0 Å². The summed E-state index contributed by atoms with van der Waals surface area (Å²) in [5.41, 5.74) is 0.196. The van der Waals surface area contributed by atoms with Gasteiger partial charge in [-0.1, -0.05) is 0 Å². The summed E-state index contributed by atoms with van der Waals surface area (Å²) < 4.78 is 17.7. The van der Waals surface area contributed by atoms with E-state index in [0.717, 1.165) is 18.4 Å². The monoisotopic (exact) mass is 264 g/mol. The van der Waals surface area contributed by atoms with Gasteiger partial charge in [-0.3, -0.25) is 0 Å². The smallest absolute Gasteiger partial charge is 0.0869 e. The lowest BCUT2D eigenvalue weighted by molar-refractivity contribution is -0.127. The molecule has 0 aromatic carbocycles. The third kappa shape index (κ3) is 1.97. The Bertz CT molecular complexity index is 374. The maximum atomic E-state index is 6.40. The molecule has 0 N–H and O–H groups in total. The summed E-state index contributed by atoms with van der Waals surface area (Å²) in [7, 11) is 0. The van der Waals surface area contributed by atoms with Gasteiger partial charge >= 0.3 is 0 Å². The van der Waals surface area contributed by atoms with Gasteiger partial charge in [0.2, 0.25) is 0 Å². The van der Waals surface area contributed by atoms with E-state index >= 15 is 0 Å². The third-order valence-electron chi connectivity index (χ3n) is 6.43. The summed E-state index contributed by atoms with van der Waals surface area (Å²) in [5.74, 6) is 1.67. The lowest BCUT2D eigenvalue weighted by Crippen LogP contribution is -2.44. The van der Waals surface area contributed by atoms with Crippen molar-refractivity contribution in [1.82, 2.24) is 0 Å². The van der Waals surface area contributed by atoms with Gasteiger partial charge in [0.15, 0.2) is 0 Å². The minimum Gasteiger partial charge on any atom is -0.375 e. The van der Waals surface area contributed by atoms with Crippen LogP contribution >= 0.6 is 0 Å². The van der Waals surface area contributed by atoms with E-state index in [2.05, 4.69) is 0 Å². The minimum atomic E-state index is 0.196. The van der Waals surface area contributed by atoms with E-state index in [-0.39, 0.29) is 5.60 Å². The average molecular weight is 264 g/mol. The quantitative estimate of drug-likeness (QED) is 0.683. The molecular weight excluding hydrogens is 240 g/mol. The Balaban J connectivity index is 1.21. The Kier molecular flexibility index (Phi) is 2.40. The molecule has 106 valence electrons. The Labute approximate surface area is 115 Å². The average Bonchev–Trinajstić information content (AvgIpc) is 3.33. The summed E-state index contributed by atoms with van der Waals surface area (Å²) in [4.78, 5) is 0. The van der Waals surface area contributed by atoms with Crippen LogP contribution in [-0.2, 0) is 14.2 Å². The van der Waals surface area contributed by atoms with Crippen molar-refractivity contribution in [3.8, 4) is 0 Å². The van der Waals surface area contributed by atoms with E-state index in [1.54, 1.807) is 0 Å². The Morgan fingerprint density at radius 1 is 0.737 bits per heavy atom. The second-order valence-electron chi connectivity index (χ2n) is 7.53. The molecule has 0 bridgehead atoms. The number of rotatable bonds is 1. The number of epoxide rings is 2. The van der Waals surface area contributed by atoms with Crippen LogP contribution in [0.15, 0.2) is 0 Å². The zero-order valence-electron chi connectivity index (χ0n) is 11.6. The molecule has 0 aromatic heterocycles. The van der Waals surface area contributed by atoms with Gasteiger partial charge < -0.3 is 14.2 Å². The van der Waals surface area contributed by atoms with Gasteiger partial charge in [0, 0.05) is 6.42 Å². The molecule has 3 aliphatic heterocycles. The zero-order valence-corrected chi connectivity index (χ0v) is 11.6. The number of ether oxygens (including phenoxy) is 3. The standard InChI is InChI=1S/C16H24O3/c1-2-12-14(18-12)7-10(1)11-3-5-16(17-9-11)6-4-13-15(8-16)19-13/h10-15H,1-9H2. The molecule has 19 heavy (non-hydrogen) atoms. The fourth-order valence-electron chi connectivity index (χ4n) is 4.97. The van der Waals surface area contributed by atoms with Crippen LogP contribution < -0.4 is 0 Å². The van der Waals surface area contributed by atoms with Crippen molar-refractivity contribution in [2.24, 2.45) is 11.8 Å². The molecule has 0 radical (unpaired) electrons. The molecule has 5 fully saturated rings. The zero-order chi connectivity index (χ0) is 12.4. The lowest BCUT2D eigenvalue weighted by atomic mass is 9.72. The number of hydrogen-bond acceptors (Lipinski definition) is 3. The van der Waals surface area contributed by atoms with Gasteiger partial charge in [-0.25, -0.2) is 0 Å². The molecule has 1 spiro atoms. The van der Waals surface area contributed by atoms with Crippen molar-refractivity contribution in [2.75, 3.05) is 6.61 Å². The molecule has 5 aliphatic rings. The molecule has 0 aromatic rings. The molecule has 7 unspecified atom stereocenters. The third-order valence-corrected chi connectivity index (χ3v) is 6.43. The summed E-state index contributed by atoms with van der Waals surface area (Å²) in [5, 5.41) is 0. The van der Waals surface area contributed by atoms with Gasteiger partial charge in [0.1, 0.15) is 0 Å². The highest BCUT2D eigenvalue weighted by molar-refractivity contribution is 5.02. The van der Waals surface area contributed by atoms with Crippen LogP contribution in [0.4, 0.5) is 0 Å². The van der Waals surface area contributed by atoms with Crippen molar-refractivity contribution in [2.45, 2.75) is 81.4 Å². The first-order valence-corrected chi connectivity index (χ1v) is 8.26. The number of fused-ring (bicyclic) bond motifs is 2. The van der Waals surface area contributed by atoms with Gasteiger partial charge in [-0.05, 0) is 56.8 Å². The molecular formula is C16H24O3. The van der Waals surface area contributed by atoms with Gasteiger partial charge in [0.05, 0.1) is 36.6 Å². The van der Waals surface area contributed by atoms with Crippen molar-refractivity contribution >= 4 is 0 Å². The first kappa shape index (κ1) is 11.5. The molecule has 3 heteroatoms. The molecule has 3 heterocycles. The number of hydrogen-bond donors (Lipinski definition) is 0. The predicted octanol–water partition coefficient (Wildman–Crippen LogP) is 2.67. The summed E-state index contributed by atoms with van der Waals surface area (Å²) >= 11 is 0. The van der Waals surface area contributed by atoms with Crippen LogP contribution in [0.2, 0.25) is 0 Å². The Morgan fingerprint density at radius 3 is 2.37 bits per heavy atom. The highest BCUT2D eigenvalue weighted by Crippen LogP contribution is 2.50. The van der Waals surface area contributed by atoms with E-state index in [1.807, 2.05) is 0 Å². The van der Waals surface area contributed by atoms with Gasteiger partial charge in [-0.15, -0.1) is 0 Å². The van der Waals surface area contributed by atoms with E-state index in [1.165, 1.54) is 51.4 Å². The van der Waals surface area contributed by atoms with Crippen LogP contribution in [0.5, 0.6) is 0 Å². The maximum Gasteiger partial charge on any atom is 0.0869 e. The van der Waals surface area contributed by atoms with Gasteiger partial charge in [-0.2, -0.15) is 0 Å². The fraction of sp³-hybridized carbons (Fsp3) is 1.00. The summed E-state index contributed by atoms with van der Waals surface area (Å²) in [6.07, 6.45) is 12.6. The predicted molar refractivity (Wildman–Crippen MR) is 69.9 cm³/mol. The van der Waals surface area contributed by atoms with Crippen LogP contribution in [0.3, 0.4) is 0 Å². The molecule has 3 saturated heterocycles. The highest BCUT2D eigenvalue weighted by atomic mass is 16.6. The van der Waals surface area contributed by atoms with E-state index in [4.69, 9.17) is 14.2 Å². The highest BCUT2D eigenvalue weighted by Gasteiger charge is 2.53. The van der Waals surface area contributed by atoms with Crippen LogP contribution in [0.1, 0.15) is 51.4 Å². The Hall–Kier alpha value is -0.120. The second-order valence-corrected chi connectivity index (χ2v) is 7.53. The fourth-order valence-corrected chi connectivity index (χ4v) is 4.97.